The second-order valence-electron chi connectivity index (χ2n) is 6.12. The van der Waals surface area contributed by atoms with Crippen molar-refractivity contribution in [3.05, 3.63) is 71.5 Å². The first-order chi connectivity index (χ1) is 13.6. The van der Waals surface area contributed by atoms with Crippen LogP contribution in [0, 0.1) is 0 Å². The number of nitrogens with one attached hydrogen (secondary N) is 2. The van der Waals surface area contributed by atoms with Crippen LogP contribution in [0.3, 0.4) is 0 Å². The summed E-state index contributed by atoms with van der Waals surface area (Å²) < 4.78 is 1.90. The van der Waals surface area contributed by atoms with Gasteiger partial charge in [0.2, 0.25) is 5.91 Å². The molecule has 1 aromatic heterocycles. The maximum Gasteiger partial charge on any atom is 0.251 e. The number of anilines is 1. The zero-order chi connectivity index (χ0) is 19.9. The molecule has 2 amide bonds. The molecule has 0 aliphatic carbocycles. The fourth-order valence-corrected chi connectivity index (χ4v) is 3.34. The van der Waals surface area contributed by atoms with E-state index in [1.54, 1.807) is 31.3 Å². The fraction of sp³-hybridized carbons (Fsp3) is 0.200. The van der Waals surface area contributed by atoms with E-state index >= 15 is 0 Å². The lowest BCUT2D eigenvalue weighted by atomic mass is 10.1. The van der Waals surface area contributed by atoms with Crippen LogP contribution in [-0.2, 0) is 18.3 Å². The van der Waals surface area contributed by atoms with Crippen LogP contribution < -0.4 is 10.6 Å². The maximum atomic E-state index is 12.3. The van der Waals surface area contributed by atoms with Crippen LogP contribution in [0.25, 0.3) is 0 Å². The molecule has 144 valence electrons. The summed E-state index contributed by atoms with van der Waals surface area (Å²) in [4.78, 5) is 23.9. The van der Waals surface area contributed by atoms with Crippen molar-refractivity contribution < 1.29 is 9.59 Å². The Hall–Kier alpha value is -3.13. The number of benzene rings is 2. The van der Waals surface area contributed by atoms with E-state index in [-0.39, 0.29) is 17.6 Å². The van der Waals surface area contributed by atoms with Gasteiger partial charge in [0.05, 0.1) is 5.75 Å². The summed E-state index contributed by atoms with van der Waals surface area (Å²) in [6.07, 6.45) is 0.684. The van der Waals surface area contributed by atoms with Gasteiger partial charge in [0.15, 0.2) is 5.16 Å². The van der Waals surface area contributed by atoms with Gasteiger partial charge in [0.25, 0.3) is 5.91 Å². The van der Waals surface area contributed by atoms with Crippen LogP contribution in [0.2, 0.25) is 0 Å². The Morgan fingerprint density at radius 2 is 1.86 bits per heavy atom. The van der Waals surface area contributed by atoms with Crippen molar-refractivity contribution in [1.82, 2.24) is 20.1 Å². The van der Waals surface area contributed by atoms with Gasteiger partial charge in [-0.1, -0.05) is 48.2 Å². The number of hydrogen-bond acceptors (Lipinski definition) is 5. The van der Waals surface area contributed by atoms with E-state index in [1.165, 1.54) is 11.8 Å². The first-order valence-electron chi connectivity index (χ1n) is 8.74. The van der Waals surface area contributed by atoms with Crippen molar-refractivity contribution in [3.8, 4) is 0 Å². The topological polar surface area (TPSA) is 88.9 Å². The number of nitrogens with zero attached hydrogens (tertiary/aromatic N) is 3. The van der Waals surface area contributed by atoms with Gasteiger partial charge in [0.1, 0.15) is 5.82 Å². The molecule has 0 fully saturated rings. The van der Waals surface area contributed by atoms with Gasteiger partial charge in [-0.25, -0.2) is 0 Å². The average molecular weight is 395 g/mol. The van der Waals surface area contributed by atoms with E-state index < -0.39 is 0 Å². The van der Waals surface area contributed by atoms with E-state index in [1.807, 2.05) is 41.9 Å². The average Bonchev–Trinajstić information content (AvgIpc) is 3.06. The molecule has 0 spiro atoms. The molecule has 3 rings (SSSR count). The number of aromatic nitrogens is 3. The maximum absolute atomic E-state index is 12.3. The quantitative estimate of drug-likeness (QED) is 0.600. The lowest BCUT2D eigenvalue weighted by Gasteiger charge is -2.07. The lowest BCUT2D eigenvalue weighted by Crippen LogP contribution is -2.19. The third-order valence-electron chi connectivity index (χ3n) is 4.10. The molecule has 3 aromatic rings. The Labute approximate surface area is 167 Å². The standard InChI is InChI=1S/C20H21N5O2S/c1-21-19(27)15-9-6-10-16(12-15)22-18(26)13-28-20-24-23-17(25(20)2)11-14-7-4-3-5-8-14/h3-10,12H,11,13H2,1-2H3,(H,21,27)(H,22,26). The predicted molar refractivity (Wildman–Crippen MR) is 109 cm³/mol. The highest BCUT2D eigenvalue weighted by atomic mass is 32.2. The van der Waals surface area contributed by atoms with E-state index in [4.69, 9.17) is 0 Å². The highest BCUT2D eigenvalue weighted by molar-refractivity contribution is 7.99. The SMILES string of the molecule is CNC(=O)c1cccc(NC(=O)CSc2nnc(Cc3ccccc3)n2C)c1. The van der Waals surface area contributed by atoms with Crippen LogP contribution in [-0.4, -0.2) is 39.4 Å². The largest absolute Gasteiger partial charge is 0.355 e. The molecule has 2 N–H and O–H groups in total. The summed E-state index contributed by atoms with van der Waals surface area (Å²) in [5, 5.41) is 14.5. The lowest BCUT2D eigenvalue weighted by molar-refractivity contribution is -0.113. The van der Waals surface area contributed by atoms with E-state index in [9.17, 15) is 9.59 Å². The number of rotatable bonds is 7. The van der Waals surface area contributed by atoms with Crippen molar-refractivity contribution in [3.63, 3.8) is 0 Å². The van der Waals surface area contributed by atoms with Gasteiger partial charge in [-0.05, 0) is 23.8 Å². The zero-order valence-corrected chi connectivity index (χ0v) is 16.5. The van der Waals surface area contributed by atoms with Crippen molar-refractivity contribution in [2.75, 3.05) is 18.1 Å². The summed E-state index contributed by atoms with van der Waals surface area (Å²) in [6, 6.07) is 16.9. The van der Waals surface area contributed by atoms with Gasteiger partial charge >= 0.3 is 0 Å². The highest BCUT2D eigenvalue weighted by Crippen LogP contribution is 2.18. The zero-order valence-electron chi connectivity index (χ0n) is 15.7. The van der Waals surface area contributed by atoms with Crippen LogP contribution in [0.4, 0.5) is 5.69 Å². The summed E-state index contributed by atoms with van der Waals surface area (Å²) in [5.74, 6) is 0.663. The number of amides is 2. The molecule has 2 aromatic carbocycles. The summed E-state index contributed by atoms with van der Waals surface area (Å²) in [5.41, 5.74) is 2.23. The molecular formula is C20H21N5O2S. The molecule has 0 unspecified atom stereocenters. The molecule has 0 aliphatic rings. The van der Waals surface area contributed by atoms with E-state index in [0.717, 1.165) is 11.4 Å². The molecule has 0 aliphatic heterocycles. The number of carbonyl (C=O) groups excluding carboxylic acids is 2. The van der Waals surface area contributed by atoms with Crippen molar-refractivity contribution >= 4 is 29.3 Å². The molecule has 0 bridgehead atoms. The Morgan fingerprint density at radius 3 is 2.61 bits per heavy atom. The first-order valence-corrected chi connectivity index (χ1v) is 9.72. The Morgan fingerprint density at radius 1 is 1.07 bits per heavy atom. The fourth-order valence-electron chi connectivity index (χ4n) is 2.61. The van der Waals surface area contributed by atoms with Gasteiger partial charge in [0, 0.05) is 31.8 Å². The minimum atomic E-state index is -0.199. The Balaban J connectivity index is 1.57. The van der Waals surface area contributed by atoms with Gasteiger partial charge in [-0.3, -0.25) is 9.59 Å². The van der Waals surface area contributed by atoms with Crippen molar-refractivity contribution in [1.29, 1.82) is 0 Å². The number of hydrogen-bond donors (Lipinski definition) is 2. The molecule has 0 saturated carbocycles. The molecule has 0 atom stereocenters. The first kappa shape index (κ1) is 19.6. The minimum absolute atomic E-state index is 0.174. The van der Waals surface area contributed by atoms with Crippen molar-refractivity contribution in [2.24, 2.45) is 7.05 Å². The smallest absolute Gasteiger partial charge is 0.251 e. The number of carbonyl (C=O) groups is 2. The summed E-state index contributed by atoms with van der Waals surface area (Å²) in [7, 11) is 3.46. The normalized spacial score (nSPS) is 10.5. The van der Waals surface area contributed by atoms with Crippen molar-refractivity contribution in [2.45, 2.75) is 11.6 Å². The van der Waals surface area contributed by atoms with Crippen LogP contribution in [0.15, 0.2) is 59.8 Å². The molecule has 1 heterocycles. The molecule has 0 saturated heterocycles. The highest BCUT2D eigenvalue weighted by Gasteiger charge is 2.12. The Kier molecular flexibility index (Phi) is 6.44. The van der Waals surface area contributed by atoms with Gasteiger partial charge in [-0.15, -0.1) is 10.2 Å². The van der Waals surface area contributed by atoms with Crippen LogP contribution >= 0.6 is 11.8 Å². The van der Waals surface area contributed by atoms with Gasteiger partial charge < -0.3 is 15.2 Å². The second-order valence-corrected chi connectivity index (χ2v) is 7.06. The number of thioether (sulfide) groups is 1. The van der Waals surface area contributed by atoms with Gasteiger partial charge in [-0.2, -0.15) is 0 Å². The Bertz CT molecular complexity index is 972. The predicted octanol–water partition coefficient (Wildman–Crippen LogP) is 2.50. The summed E-state index contributed by atoms with van der Waals surface area (Å²) in [6.45, 7) is 0. The van der Waals surface area contributed by atoms with Crippen LogP contribution in [0.5, 0.6) is 0 Å². The third kappa shape index (κ3) is 4.98. The van der Waals surface area contributed by atoms with E-state index in [2.05, 4.69) is 20.8 Å². The van der Waals surface area contributed by atoms with Crippen LogP contribution in [0.1, 0.15) is 21.7 Å². The third-order valence-corrected chi connectivity index (χ3v) is 5.12. The minimum Gasteiger partial charge on any atom is -0.355 e. The second kappa shape index (κ2) is 9.18. The monoisotopic (exact) mass is 395 g/mol. The summed E-state index contributed by atoms with van der Waals surface area (Å²) >= 11 is 1.32. The molecule has 8 heteroatoms. The van der Waals surface area contributed by atoms with E-state index in [0.29, 0.717) is 22.8 Å². The molecule has 0 radical (unpaired) electrons. The molecular weight excluding hydrogens is 374 g/mol. The molecule has 28 heavy (non-hydrogen) atoms. The molecule has 7 nitrogen and oxygen atoms in total.